The highest BCUT2D eigenvalue weighted by atomic mass is 79.9. The minimum absolute atomic E-state index is 0. The standard InChI is InChI=1S/C17H19BrN4O2.ClH/c18-11-1-4-15-14(7-11)17(24)22(10-19-15)9-16(23)21-6-5-12-2-3-13(8-21)20-12;/h1,4,7,10,12-13,20H,2-3,5-6,8-9H2;1H. The molecule has 1 N–H and O–H groups in total. The molecular formula is C17H20BrClN4O2. The molecule has 2 aromatic rings. The van der Waals surface area contributed by atoms with Crippen molar-refractivity contribution < 1.29 is 4.79 Å². The summed E-state index contributed by atoms with van der Waals surface area (Å²) >= 11 is 3.37. The molecule has 134 valence electrons. The SMILES string of the molecule is Cl.O=C(Cn1cnc2ccc(Br)cc2c1=O)N1CCC2CCC(C1)N2. The van der Waals surface area contributed by atoms with Crippen molar-refractivity contribution in [2.24, 2.45) is 0 Å². The number of nitrogens with one attached hydrogen (secondary N) is 1. The third kappa shape index (κ3) is 3.73. The van der Waals surface area contributed by atoms with Gasteiger partial charge in [0.05, 0.1) is 17.2 Å². The molecule has 0 aliphatic carbocycles. The zero-order chi connectivity index (χ0) is 16.7. The minimum atomic E-state index is -0.177. The molecule has 2 aliphatic heterocycles. The van der Waals surface area contributed by atoms with Crippen LogP contribution in [0.2, 0.25) is 0 Å². The highest BCUT2D eigenvalue weighted by Gasteiger charge is 2.31. The Morgan fingerprint density at radius 2 is 2.08 bits per heavy atom. The molecule has 6 nitrogen and oxygen atoms in total. The molecule has 0 radical (unpaired) electrons. The molecular weight excluding hydrogens is 408 g/mol. The molecule has 2 aliphatic rings. The number of hydrogen-bond acceptors (Lipinski definition) is 4. The lowest BCUT2D eigenvalue weighted by molar-refractivity contribution is -0.132. The Morgan fingerprint density at radius 3 is 2.92 bits per heavy atom. The van der Waals surface area contributed by atoms with Crippen molar-refractivity contribution in [1.82, 2.24) is 19.8 Å². The van der Waals surface area contributed by atoms with Crippen LogP contribution in [-0.4, -0.2) is 45.5 Å². The third-order valence-corrected chi connectivity index (χ3v) is 5.46. The summed E-state index contributed by atoms with van der Waals surface area (Å²) in [4.78, 5) is 31.4. The van der Waals surface area contributed by atoms with Gasteiger partial charge in [0.2, 0.25) is 5.91 Å². The zero-order valence-corrected chi connectivity index (χ0v) is 16.1. The van der Waals surface area contributed by atoms with Crippen LogP contribution in [0.1, 0.15) is 19.3 Å². The lowest BCUT2D eigenvalue weighted by Crippen LogP contribution is -2.41. The fraction of sp³-hybridized carbons (Fsp3) is 0.471. The van der Waals surface area contributed by atoms with E-state index in [1.165, 1.54) is 17.3 Å². The van der Waals surface area contributed by atoms with Crippen molar-refractivity contribution in [2.75, 3.05) is 13.1 Å². The van der Waals surface area contributed by atoms with Gasteiger partial charge in [0, 0.05) is 29.6 Å². The van der Waals surface area contributed by atoms with E-state index in [0.29, 0.717) is 23.0 Å². The Hall–Kier alpha value is -1.44. The molecule has 1 aromatic heterocycles. The number of amides is 1. The van der Waals surface area contributed by atoms with Gasteiger partial charge >= 0.3 is 0 Å². The van der Waals surface area contributed by atoms with Crippen molar-refractivity contribution in [3.63, 3.8) is 0 Å². The quantitative estimate of drug-likeness (QED) is 0.795. The lowest BCUT2D eigenvalue weighted by atomic mass is 10.1. The first-order chi connectivity index (χ1) is 11.6. The van der Waals surface area contributed by atoms with Gasteiger partial charge < -0.3 is 10.2 Å². The van der Waals surface area contributed by atoms with E-state index in [9.17, 15) is 9.59 Å². The monoisotopic (exact) mass is 426 g/mol. The predicted octanol–water partition coefficient (Wildman–Crippen LogP) is 1.93. The molecule has 2 bridgehead atoms. The van der Waals surface area contributed by atoms with E-state index in [0.717, 1.165) is 30.4 Å². The lowest BCUT2D eigenvalue weighted by Gasteiger charge is -2.24. The van der Waals surface area contributed by atoms with Crippen LogP contribution in [0.5, 0.6) is 0 Å². The van der Waals surface area contributed by atoms with Gasteiger partial charge in [-0.3, -0.25) is 14.2 Å². The summed E-state index contributed by atoms with van der Waals surface area (Å²) in [6.45, 7) is 1.54. The van der Waals surface area contributed by atoms with E-state index in [1.54, 1.807) is 12.1 Å². The van der Waals surface area contributed by atoms with E-state index >= 15 is 0 Å². The molecule has 3 heterocycles. The Labute approximate surface area is 160 Å². The van der Waals surface area contributed by atoms with Crippen LogP contribution < -0.4 is 10.9 Å². The number of carbonyl (C=O) groups is 1. The first kappa shape index (κ1) is 18.4. The Kier molecular flexibility index (Phi) is 5.46. The first-order valence-corrected chi connectivity index (χ1v) is 9.08. The molecule has 8 heteroatoms. The van der Waals surface area contributed by atoms with Gasteiger partial charge in [-0.05, 0) is 37.5 Å². The van der Waals surface area contributed by atoms with E-state index in [1.807, 2.05) is 11.0 Å². The summed E-state index contributed by atoms with van der Waals surface area (Å²) in [6.07, 6.45) is 4.79. The fourth-order valence-electron chi connectivity index (χ4n) is 3.66. The third-order valence-electron chi connectivity index (χ3n) is 4.97. The molecule has 25 heavy (non-hydrogen) atoms. The van der Waals surface area contributed by atoms with Gasteiger partial charge in [-0.2, -0.15) is 0 Å². The van der Waals surface area contributed by atoms with Crippen molar-refractivity contribution in [3.8, 4) is 0 Å². The second-order valence-electron chi connectivity index (χ2n) is 6.61. The Balaban J connectivity index is 0.00000182. The molecule has 2 fully saturated rings. The maximum Gasteiger partial charge on any atom is 0.261 e. The summed E-state index contributed by atoms with van der Waals surface area (Å²) in [5.74, 6) is -0.0115. The van der Waals surface area contributed by atoms with E-state index < -0.39 is 0 Å². The van der Waals surface area contributed by atoms with Crippen molar-refractivity contribution in [3.05, 3.63) is 39.4 Å². The van der Waals surface area contributed by atoms with Crippen LogP contribution in [0.3, 0.4) is 0 Å². The second-order valence-corrected chi connectivity index (χ2v) is 7.52. The number of likely N-dealkylation sites (tertiary alicyclic amines) is 1. The second kappa shape index (κ2) is 7.43. The number of rotatable bonds is 2. The fourth-order valence-corrected chi connectivity index (χ4v) is 4.02. The number of hydrogen-bond donors (Lipinski definition) is 1. The summed E-state index contributed by atoms with van der Waals surface area (Å²) < 4.78 is 2.24. The molecule has 1 aromatic carbocycles. The molecule has 4 rings (SSSR count). The van der Waals surface area contributed by atoms with Crippen LogP contribution in [0.25, 0.3) is 10.9 Å². The summed E-state index contributed by atoms with van der Waals surface area (Å²) in [6, 6.07) is 6.33. The smallest absolute Gasteiger partial charge is 0.261 e. The highest BCUT2D eigenvalue weighted by Crippen LogP contribution is 2.20. The molecule has 2 saturated heterocycles. The van der Waals surface area contributed by atoms with Gasteiger partial charge in [-0.15, -0.1) is 12.4 Å². The van der Waals surface area contributed by atoms with Gasteiger partial charge in [-0.1, -0.05) is 15.9 Å². The van der Waals surface area contributed by atoms with Crippen LogP contribution in [0.15, 0.2) is 33.8 Å². The molecule has 0 saturated carbocycles. The number of nitrogens with zero attached hydrogens (tertiary/aromatic N) is 3. The van der Waals surface area contributed by atoms with Gasteiger partial charge in [0.15, 0.2) is 0 Å². The predicted molar refractivity (Wildman–Crippen MR) is 102 cm³/mol. The van der Waals surface area contributed by atoms with E-state index in [4.69, 9.17) is 0 Å². The number of aromatic nitrogens is 2. The summed E-state index contributed by atoms with van der Waals surface area (Å²) in [7, 11) is 0. The summed E-state index contributed by atoms with van der Waals surface area (Å²) in [5.41, 5.74) is 0.465. The molecule has 1 amide bonds. The van der Waals surface area contributed by atoms with Crippen molar-refractivity contribution >= 4 is 45.1 Å². The first-order valence-electron chi connectivity index (χ1n) is 8.29. The summed E-state index contributed by atoms with van der Waals surface area (Å²) in [5, 5.41) is 4.09. The number of carbonyl (C=O) groups excluding carboxylic acids is 1. The van der Waals surface area contributed by atoms with Crippen molar-refractivity contribution in [1.29, 1.82) is 0 Å². The molecule has 2 unspecified atom stereocenters. The van der Waals surface area contributed by atoms with Gasteiger partial charge in [-0.25, -0.2) is 4.98 Å². The van der Waals surface area contributed by atoms with Gasteiger partial charge in [0.25, 0.3) is 5.56 Å². The van der Waals surface area contributed by atoms with Crippen LogP contribution in [0.4, 0.5) is 0 Å². The van der Waals surface area contributed by atoms with Crippen molar-refractivity contribution in [2.45, 2.75) is 37.9 Å². The maximum absolute atomic E-state index is 12.7. The average molecular weight is 428 g/mol. The Bertz CT molecular complexity index is 856. The van der Waals surface area contributed by atoms with E-state index in [2.05, 4.69) is 26.2 Å². The number of fused-ring (bicyclic) bond motifs is 3. The molecule has 2 atom stereocenters. The van der Waals surface area contributed by atoms with Crippen LogP contribution in [0, 0.1) is 0 Å². The maximum atomic E-state index is 12.7. The van der Waals surface area contributed by atoms with Crippen LogP contribution >= 0.6 is 28.3 Å². The largest absolute Gasteiger partial charge is 0.340 e. The number of benzene rings is 1. The minimum Gasteiger partial charge on any atom is -0.340 e. The molecule has 0 spiro atoms. The topological polar surface area (TPSA) is 67.2 Å². The zero-order valence-electron chi connectivity index (χ0n) is 13.7. The normalized spacial score (nSPS) is 22.5. The van der Waals surface area contributed by atoms with Crippen LogP contribution in [-0.2, 0) is 11.3 Å². The Morgan fingerprint density at radius 1 is 1.28 bits per heavy atom. The van der Waals surface area contributed by atoms with E-state index in [-0.39, 0.29) is 30.4 Å². The number of halogens is 2. The highest BCUT2D eigenvalue weighted by molar-refractivity contribution is 9.10. The van der Waals surface area contributed by atoms with Gasteiger partial charge in [0.1, 0.15) is 6.54 Å². The average Bonchev–Trinajstić information content (AvgIpc) is 2.89.